The number of carbonyl (C=O) groups is 1. The molecule has 0 spiro atoms. The Morgan fingerprint density at radius 2 is 1.83 bits per heavy atom. The maximum Gasteiger partial charge on any atom is 0.169 e. The van der Waals surface area contributed by atoms with Crippen molar-refractivity contribution >= 4 is 5.78 Å². The first-order chi connectivity index (χ1) is 8.07. The lowest BCUT2D eigenvalue weighted by atomic mass is 9.79. The molecule has 0 atom stereocenters. The van der Waals surface area contributed by atoms with Gasteiger partial charge in [-0.15, -0.1) is 0 Å². The fourth-order valence-corrected chi connectivity index (χ4v) is 1.90. The SMILES string of the molecule is CC(C)(C)C(=O)C1=C(C(C)(C)C)NCC(C#N)=C1. The van der Waals surface area contributed by atoms with Crippen LogP contribution in [0.5, 0.6) is 0 Å². The van der Waals surface area contributed by atoms with Crippen molar-refractivity contribution in [2.24, 2.45) is 10.8 Å². The normalized spacial score (nSPS) is 16.8. The van der Waals surface area contributed by atoms with E-state index in [0.29, 0.717) is 17.7 Å². The van der Waals surface area contributed by atoms with E-state index in [1.54, 1.807) is 6.08 Å². The molecule has 0 bridgehead atoms. The first kappa shape index (κ1) is 14.5. The van der Waals surface area contributed by atoms with Crippen LogP contribution in [0.4, 0.5) is 0 Å². The molecule has 1 aliphatic rings. The van der Waals surface area contributed by atoms with Crippen molar-refractivity contribution in [3.8, 4) is 6.07 Å². The van der Waals surface area contributed by atoms with Gasteiger partial charge in [-0.2, -0.15) is 5.26 Å². The number of hydrogen-bond donors (Lipinski definition) is 1. The zero-order chi connectivity index (χ0) is 14.1. The van der Waals surface area contributed by atoms with Crippen LogP contribution in [0.15, 0.2) is 22.9 Å². The quantitative estimate of drug-likeness (QED) is 0.774. The first-order valence-electron chi connectivity index (χ1n) is 6.21. The van der Waals surface area contributed by atoms with Gasteiger partial charge >= 0.3 is 0 Å². The average molecular weight is 246 g/mol. The van der Waals surface area contributed by atoms with Crippen molar-refractivity contribution in [1.82, 2.24) is 5.32 Å². The van der Waals surface area contributed by atoms with Crippen LogP contribution in [-0.2, 0) is 4.79 Å². The highest BCUT2D eigenvalue weighted by Crippen LogP contribution is 2.33. The standard InChI is InChI=1S/C15H22N2O/c1-14(2,3)12-11(13(18)15(4,5)6)7-10(8-16)9-17-12/h7,17H,9H2,1-6H3. The lowest BCUT2D eigenvalue weighted by Gasteiger charge is -2.31. The summed E-state index contributed by atoms with van der Waals surface area (Å²) in [5.41, 5.74) is 1.62. The van der Waals surface area contributed by atoms with Gasteiger partial charge in [0.2, 0.25) is 0 Å². The number of nitrogens with one attached hydrogen (secondary N) is 1. The Morgan fingerprint density at radius 1 is 1.28 bits per heavy atom. The van der Waals surface area contributed by atoms with Crippen LogP contribution in [0.25, 0.3) is 0 Å². The maximum absolute atomic E-state index is 12.5. The van der Waals surface area contributed by atoms with Gasteiger partial charge in [0.05, 0.1) is 6.07 Å². The minimum atomic E-state index is -0.443. The van der Waals surface area contributed by atoms with Gasteiger partial charge in [-0.05, 0) is 6.08 Å². The summed E-state index contributed by atoms with van der Waals surface area (Å²) in [5, 5.41) is 12.2. The molecule has 0 saturated carbocycles. The first-order valence-corrected chi connectivity index (χ1v) is 6.21. The Bertz CT molecular complexity index is 462. The van der Waals surface area contributed by atoms with Crippen LogP contribution in [-0.4, -0.2) is 12.3 Å². The van der Waals surface area contributed by atoms with Crippen molar-refractivity contribution in [2.75, 3.05) is 6.54 Å². The molecular formula is C15H22N2O. The molecule has 0 aromatic heterocycles. The molecule has 18 heavy (non-hydrogen) atoms. The highest BCUT2D eigenvalue weighted by Gasteiger charge is 2.32. The summed E-state index contributed by atoms with van der Waals surface area (Å²) in [6, 6.07) is 2.12. The molecule has 0 aromatic carbocycles. The molecule has 1 N–H and O–H groups in total. The Morgan fingerprint density at radius 3 is 2.22 bits per heavy atom. The van der Waals surface area contributed by atoms with Crippen molar-refractivity contribution < 1.29 is 4.79 Å². The number of dihydropyridines is 1. The van der Waals surface area contributed by atoms with Gasteiger partial charge in [0.25, 0.3) is 0 Å². The lowest BCUT2D eigenvalue weighted by molar-refractivity contribution is -0.122. The third kappa shape index (κ3) is 3.01. The molecule has 0 radical (unpaired) electrons. The minimum Gasteiger partial charge on any atom is -0.383 e. The van der Waals surface area contributed by atoms with Crippen LogP contribution in [0, 0.1) is 22.2 Å². The number of allylic oxidation sites excluding steroid dienone is 3. The van der Waals surface area contributed by atoms with E-state index in [1.807, 2.05) is 20.8 Å². The van der Waals surface area contributed by atoms with Crippen LogP contribution >= 0.6 is 0 Å². The smallest absolute Gasteiger partial charge is 0.169 e. The highest BCUT2D eigenvalue weighted by molar-refractivity contribution is 6.02. The lowest BCUT2D eigenvalue weighted by Crippen LogP contribution is -2.35. The maximum atomic E-state index is 12.5. The van der Waals surface area contributed by atoms with Gasteiger partial charge in [0.1, 0.15) is 0 Å². The van der Waals surface area contributed by atoms with Crippen molar-refractivity contribution in [3.05, 3.63) is 22.9 Å². The van der Waals surface area contributed by atoms with Crippen LogP contribution < -0.4 is 5.32 Å². The molecule has 1 rings (SSSR count). The topological polar surface area (TPSA) is 52.9 Å². The Labute approximate surface area is 110 Å². The number of rotatable bonds is 1. The monoisotopic (exact) mass is 246 g/mol. The number of nitriles is 1. The Kier molecular flexibility index (Phi) is 3.71. The van der Waals surface area contributed by atoms with Crippen molar-refractivity contribution in [3.63, 3.8) is 0 Å². The second kappa shape index (κ2) is 4.61. The van der Waals surface area contributed by atoms with Crippen LogP contribution in [0.2, 0.25) is 0 Å². The van der Waals surface area contributed by atoms with E-state index in [1.165, 1.54) is 0 Å². The fraction of sp³-hybridized carbons (Fsp3) is 0.600. The van der Waals surface area contributed by atoms with Crippen molar-refractivity contribution in [1.29, 1.82) is 5.26 Å². The molecule has 0 saturated heterocycles. The molecule has 0 aliphatic carbocycles. The molecule has 1 aliphatic heterocycles. The number of Topliss-reactive ketones (excluding diaryl/α,β-unsaturated/α-hetero) is 1. The van der Waals surface area contributed by atoms with Gasteiger partial charge in [-0.1, -0.05) is 41.5 Å². The van der Waals surface area contributed by atoms with E-state index in [-0.39, 0.29) is 11.2 Å². The van der Waals surface area contributed by atoms with Crippen molar-refractivity contribution in [2.45, 2.75) is 41.5 Å². The van der Waals surface area contributed by atoms with Gasteiger partial charge < -0.3 is 5.32 Å². The van der Waals surface area contributed by atoms with Gasteiger partial charge in [0, 0.05) is 34.2 Å². The van der Waals surface area contributed by atoms with E-state index >= 15 is 0 Å². The molecule has 0 fully saturated rings. The van der Waals surface area contributed by atoms with Crippen LogP contribution in [0.1, 0.15) is 41.5 Å². The summed E-state index contributed by atoms with van der Waals surface area (Å²) in [6.07, 6.45) is 1.74. The summed E-state index contributed by atoms with van der Waals surface area (Å²) >= 11 is 0. The predicted molar refractivity (Wildman–Crippen MR) is 72.6 cm³/mol. The van der Waals surface area contributed by atoms with Gasteiger partial charge in [-0.25, -0.2) is 0 Å². The minimum absolute atomic E-state index is 0.0763. The third-order valence-corrected chi connectivity index (χ3v) is 2.86. The summed E-state index contributed by atoms with van der Waals surface area (Å²) in [7, 11) is 0. The average Bonchev–Trinajstić information content (AvgIpc) is 2.24. The summed E-state index contributed by atoms with van der Waals surface area (Å²) in [6.45, 7) is 12.4. The molecule has 3 nitrogen and oxygen atoms in total. The second-order valence-corrected chi connectivity index (χ2v) is 6.75. The Balaban J connectivity index is 3.38. The molecule has 0 unspecified atom stereocenters. The fourth-order valence-electron chi connectivity index (χ4n) is 1.90. The second-order valence-electron chi connectivity index (χ2n) is 6.75. The summed E-state index contributed by atoms with van der Waals surface area (Å²) in [5.74, 6) is 0.0763. The summed E-state index contributed by atoms with van der Waals surface area (Å²) in [4.78, 5) is 12.5. The van der Waals surface area contributed by atoms with E-state index in [2.05, 4.69) is 32.2 Å². The molecule has 1 heterocycles. The third-order valence-electron chi connectivity index (χ3n) is 2.86. The zero-order valence-electron chi connectivity index (χ0n) is 12.1. The zero-order valence-corrected chi connectivity index (χ0v) is 12.1. The van der Waals surface area contributed by atoms with E-state index in [0.717, 1.165) is 5.70 Å². The van der Waals surface area contributed by atoms with Gasteiger partial charge in [0.15, 0.2) is 5.78 Å². The molecule has 3 heteroatoms. The molecule has 0 amide bonds. The Hall–Kier alpha value is -1.56. The number of nitrogens with zero attached hydrogens (tertiary/aromatic N) is 1. The van der Waals surface area contributed by atoms with E-state index in [4.69, 9.17) is 5.26 Å². The number of ketones is 1. The molecular weight excluding hydrogens is 224 g/mol. The number of hydrogen-bond acceptors (Lipinski definition) is 3. The predicted octanol–water partition coefficient (Wildman–Crippen LogP) is 2.95. The van der Waals surface area contributed by atoms with Gasteiger partial charge in [-0.3, -0.25) is 4.79 Å². The molecule has 0 aromatic rings. The largest absolute Gasteiger partial charge is 0.383 e. The van der Waals surface area contributed by atoms with E-state index in [9.17, 15) is 4.79 Å². The highest BCUT2D eigenvalue weighted by atomic mass is 16.1. The van der Waals surface area contributed by atoms with E-state index < -0.39 is 5.41 Å². The molecule has 98 valence electrons. The number of carbonyl (C=O) groups excluding carboxylic acids is 1. The van der Waals surface area contributed by atoms with Crippen LogP contribution in [0.3, 0.4) is 0 Å². The summed E-state index contributed by atoms with van der Waals surface area (Å²) < 4.78 is 0.